The van der Waals surface area contributed by atoms with Gasteiger partial charge in [0, 0.05) is 23.3 Å². The number of alkyl halides is 3. The van der Waals surface area contributed by atoms with Gasteiger partial charge in [0.1, 0.15) is 5.75 Å². The summed E-state index contributed by atoms with van der Waals surface area (Å²) in [5, 5.41) is 0.594. The molecule has 16 heavy (non-hydrogen) atoms. The first kappa shape index (κ1) is 10.5. The molecule has 2 aromatic rings. The topological polar surface area (TPSA) is 48.1 Å². The van der Waals surface area contributed by atoms with E-state index in [1.54, 1.807) is 6.07 Å². The number of nitrogens with zero attached hydrogens (tertiary/aromatic N) is 1. The SMILES string of the molecule is Nc1ccnc2cc(OC(F)(F)F)ccc12. The normalized spacial score (nSPS) is 11.7. The van der Waals surface area contributed by atoms with E-state index in [0.717, 1.165) is 0 Å². The van der Waals surface area contributed by atoms with Crippen LogP contribution in [-0.4, -0.2) is 11.3 Å². The van der Waals surface area contributed by atoms with Crippen molar-refractivity contribution in [1.82, 2.24) is 4.98 Å². The number of nitrogens with two attached hydrogens (primary N) is 1. The lowest BCUT2D eigenvalue weighted by molar-refractivity contribution is -0.274. The minimum atomic E-state index is -4.70. The van der Waals surface area contributed by atoms with Crippen LogP contribution in [0.15, 0.2) is 30.5 Å². The minimum Gasteiger partial charge on any atom is -0.406 e. The van der Waals surface area contributed by atoms with E-state index in [1.165, 1.54) is 24.4 Å². The highest BCUT2D eigenvalue weighted by Gasteiger charge is 2.31. The zero-order valence-electron chi connectivity index (χ0n) is 7.95. The first-order chi connectivity index (χ1) is 7.46. The highest BCUT2D eigenvalue weighted by molar-refractivity contribution is 5.90. The Morgan fingerprint density at radius 2 is 1.94 bits per heavy atom. The van der Waals surface area contributed by atoms with E-state index in [0.29, 0.717) is 16.6 Å². The summed E-state index contributed by atoms with van der Waals surface area (Å²) in [5.41, 5.74) is 6.45. The molecule has 84 valence electrons. The van der Waals surface area contributed by atoms with Gasteiger partial charge in [0.15, 0.2) is 0 Å². The Morgan fingerprint density at radius 3 is 2.62 bits per heavy atom. The molecule has 1 heterocycles. The fraction of sp³-hybridized carbons (Fsp3) is 0.100. The van der Waals surface area contributed by atoms with Crippen molar-refractivity contribution in [1.29, 1.82) is 0 Å². The molecule has 0 unspecified atom stereocenters. The summed E-state index contributed by atoms with van der Waals surface area (Å²) in [6.07, 6.45) is -3.27. The molecule has 1 aromatic carbocycles. The van der Waals surface area contributed by atoms with Crippen molar-refractivity contribution in [2.75, 3.05) is 5.73 Å². The maximum atomic E-state index is 12.0. The zero-order valence-corrected chi connectivity index (χ0v) is 7.95. The first-order valence-corrected chi connectivity index (χ1v) is 4.36. The van der Waals surface area contributed by atoms with Crippen LogP contribution >= 0.6 is 0 Å². The van der Waals surface area contributed by atoms with Gasteiger partial charge in [0.2, 0.25) is 0 Å². The Labute approximate surface area is 88.6 Å². The molecular weight excluding hydrogens is 221 g/mol. The van der Waals surface area contributed by atoms with E-state index in [1.807, 2.05) is 0 Å². The van der Waals surface area contributed by atoms with E-state index in [9.17, 15) is 13.2 Å². The smallest absolute Gasteiger partial charge is 0.406 e. The van der Waals surface area contributed by atoms with Gasteiger partial charge >= 0.3 is 6.36 Å². The van der Waals surface area contributed by atoms with Gasteiger partial charge in [-0.05, 0) is 18.2 Å². The monoisotopic (exact) mass is 228 g/mol. The summed E-state index contributed by atoms with van der Waals surface area (Å²) in [7, 11) is 0. The van der Waals surface area contributed by atoms with Crippen molar-refractivity contribution in [3.63, 3.8) is 0 Å². The second-order valence-electron chi connectivity index (χ2n) is 3.13. The number of hydrogen-bond donors (Lipinski definition) is 1. The molecule has 6 heteroatoms. The first-order valence-electron chi connectivity index (χ1n) is 4.36. The van der Waals surface area contributed by atoms with Crippen LogP contribution in [0, 0.1) is 0 Å². The third-order valence-electron chi connectivity index (χ3n) is 1.98. The maximum Gasteiger partial charge on any atom is 0.573 e. The lowest BCUT2D eigenvalue weighted by Crippen LogP contribution is -2.17. The highest BCUT2D eigenvalue weighted by Crippen LogP contribution is 2.27. The molecule has 1 aromatic heterocycles. The van der Waals surface area contributed by atoms with Crippen LogP contribution < -0.4 is 10.5 Å². The number of hydrogen-bond acceptors (Lipinski definition) is 3. The molecule has 0 radical (unpaired) electrons. The van der Waals surface area contributed by atoms with Gasteiger partial charge in [-0.15, -0.1) is 13.2 Å². The van der Waals surface area contributed by atoms with Crippen LogP contribution in [0.4, 0.5) is 18.9 Å². The molecular formula is C10H7F3N2O. The number of benzene rings is 1. The molecule has 0 atom stereocenters. The van der Waals surface area contributed by atoms with Crippen LogP contribution in [0.3, 0.4) is 0 Å². The van der Waals surface area contributed by atoms with Crippen molar-refractivity contribution in [2.24, 2.45) is 0 Å². The Kier molecular flexibility index (Phi) is 2.34. The van der Waals surface area contributed by atoms with Gasteiger partial charge in [-0.2, -0.15) is 0 Å². The Bertz CT molecular complexity index is 525. The van der Waals surface area contributed by atoms with E-state index in [2.05, 4.69) is 9.72 Å². The fourth-order valence-corrected chi connectivity index (χ4v) is 1.35. The Balaban J connectivity index is 2.45. The lowest BCUT2D eigenvalue weighted by Gasteiger charge is -2.09. The van der Waals surface area contributed by atoms with Crippen molar-refractivity contribution in [2.45, 2.75) is 6.36 Å². The van der Waals surface area contributed by atoms with Crippen molar-refractivity contribution < 1.29 is 17.9 Å². The van der Waals surface area contributed by atoms with Crippen molar-refractivity contribution in [3.05, 3.63) is 30.5 Å². The van der Waals surface area contributed by atoms with Crippen LogP contribution in [0.5, 0.6) is 5.75 Å². The predicted molar refractivity (Wildman–Crippen MR) is 52.8 cm³/mol. The zero-order chi connectivity index (χ0) is 11.8. The molecule has 2 rings (SSSR count). The third kappa shape index (κ3) is 2.16. The number of aromatic nitrogens is 1. The summed E-state index contributed by atoms with van der Waals surface area (Å²) in [4.78, 5) is 3.91. The van der Waals surface area contributed by atoms with Gasteiger partial charge < -0.3 is 10.5 Å². The lowest BCUT2D eigenvalue weighted by atomic mass is 10.2. The maximum absolute atomic E-state index is 12.0. The highest BCUT2D eigenvalue weighted by atomic mass is 19.4. The number of rotatable bonds is 1. The van der Waals surface area contributed by atoms with Crippen molar-refractivity contribution >= 4 is 16.6 Å². The van der Waals surface area contributed by atoms with Crippen LogP contribution in [0.1, 0.15) is 0 Å². The molecule has 2 N–H and O–H groups in total. The second kappa shape index (κ2) is 3.55. The largest absolute Gasteiger partial charge is 0.573 e. The molecule has 0 aliphatic rings. The summed E-state index contributed by atoms with van der Waals surface area (Å²) in [5.74, 6) is -0.307. The van der Waals surface area contributed by atoms with Gasteiger partial charge in [0.25, 0.3) is 0 Å². The predicted octanol–water partition coefficient (Wildman–Crippen LogP) is 2.72. The molecule has 0 aliphatic carbocycles. The molecule has 3 nitrogen and oxygen atoms in total. The summed E-state index contributed by atoms with van der Waals surface area (Å²) >= 11 is 0. The standard InChI is InChI=1S/C10H7F3N2O/c11-10(12,13)16-6-1-2-7-8(14)3-4-15-9(7)5-6/h1-5H,(H2,14,15). The molecule has 0 spiro atoms. The quantitative estimate of drug-likeness (QED) is 0.816. The summed E-state index contributed by atoms with van der Waals surface area (Å²) in [6.45, 7) is 0. The summed E-state index contributed by atoms with van der Waals surface area (Å²) in [6, 6.07) is 5.42. The van der Waals surface area contributed by atoms with Gasteiger partial charge in [0.05, 0.1) is 5.52 Å². The van der Waals surface area contributed by atoms with Crippen molar-refractivity contribution in [3.8, 4) is 5.75 Å². The van der Waals surface area contributed by atoms with E-state index in [-0.39, 0.29) is 5.75 Å². The van der Waals surface area contributed by atoms with Gasteiger partial charge in [-0.1, -0.05) is 0 Å². The minimum absolute atomic E-state index is 0.307. The Hall–Kier alpha value is -1.98. The molecule has 0 bridgehead atoms. The number of pyridine rings is 1. The number of nitrogen functional groups attached to an aromatic ring is 1. The number of fused-ring (bicyclic) bond motifs is 1. The van der Waals surface area contributed by atoms with Crippen LogP contribution in [0.25, 0.3) is 10.9 Å². The molecule has 0 saturated heterocycles. The van der Waals surface area contributed by atoms with E-state index < -0.39 is 6.36 Å². The molecule has 0 fully saturated rings. The number of anilines is 1. The molecule has 0 amide bonds. The van der Waals surface area contributed by atoms with Gasteiger partial charge in [-0.25, -0.2) is 0 Å². The van der Waals surface area contributed by atoms with E-state index >= 15 is 0 Å². The van der Waals surface area contributed by atoms with Gasteiger partial charge in [-0.3, -0.25) is 4.98 Å². The third-order valence-corrected chi connectivity index (χ3v) is 1.98. The Morgan fingerprint density at radius 1 is 1.19 bits per heavy atom. The van der Waals surface area contributed by atoms with Crippen LogP contribution in [-0.2, 0) is 0 Å². The summed E-state index contributed by atoms with van der Waals surface area (Å²) < 4.78 is 39.6. The molecule has 0 aliphatic heterocycles. The second-order valence-corrected chi connectivity index (χ2v) is 3.13. The number of halogens is 3. The molecule has 0 saturated carbocycles. The van der Waals surface area contributed by atoms with Crippen LogP contribution in [0.2, 0.25) is 0 Å². The number of ether oxygens (including phenoxy) is 1. The van der Waals surface area contributed by atoms with E-state index in [4.69, 9.17) is 5.73 Å². The average Bonchev–Trinajstić information content (AvgIpc) is 2.15. The fourth-order valence-electron chi connectivity index (χ4n) is 1.35. The average molecular weight is 228 g/mol.